The molecule has 3 aromatic rings. The van der Waals surface area contributed by atoms with Gasteiger partial charge in [0.25, 0.3) is 5.91 Å². The molecule has 3 N–H and O–H groups in total. The number of aromatic hydroxyl groups is 1. The lowest BCUT2D eigenvalue weighted by Crippen LogP contribution is -2.53. The van der Waals surface area contributed by atoms with Gasteiger partial charge < -0.3 is 30.1 Å². The monoisotopic (exact) mass is 617 g/mol. The first-order chi connectivity index (χ1) is 21.4. The fourth-order valence-corrected chi connectivity index (χ4v) is 4.98. The van der Waals surface area contributed by atoms with E-state index in [0.717, 1.165) is 24.8 Å². The zero-order valence-corrected chi connectivity index (χ0v) is 27.3. The summed E-state index contributed by atoms with van der Waals surface area (Å²) >= 11 is 0. The number of ether oxygens (including phenoxy) is 2. The summed E-state index contributed by atoms with van der Waals surface area (Å²) in [5, 5.41) is 16.0. The minimum absolute atomic E-state index is 0.0856. The molecule has 0 aliphatic heterocycles. The van der Waals surface area contributed by atoms with E-state index in [-0.39, 0.29) is 18.7 Å². The number of phenols is 1. The van der Waals surface area contributed by atoms with Crippen LogP contribution in [-0.4, -0.2) is 53.2 Å². The quantitative estimate of drug-likeness (QED) is 0.169. The number of nitrogens with zero attached hydrogens (tertiary/aromatic N) is 1. The number of carbonyl (C=O) groups excluding carboxylic acids is 3. The van der Waals surface area contributed by atoms with E-state index < -0.39 is 35.6 Å². The highest BCUT2D eigenvalue weighted by Gasteiger charge is 2.36. The van der Waals surface area contributed by atoms with Crippen molar-refractivity contribution in [1.29, 1.82) is 0 Å². The molecule has 9 nitrogen and oxygen atoms in total. The number of aryl methyl sites for hydroxylation is 1. The maximum Gasteiger partial charge on any atom is 0.408 e. The molecule has 3 aromatic carbocycles. The first kappa shape index (κ1) is 35.0. The zero-order chi connectivity index (χ0) is 33.0. The number of anilines is 1. The number of benzene rings is 3. The highest BCUT2D eigenvalue weighted by atomic mass is 16.6. The maximum atomic E-state index is 14.6. The molecular weight excluding hydrogens is 570 g/mol. The standard InChI is InChI=1S/C36H47N3O6/c1-7-8-9-13-22-39(34(42)30(24-26-14-11-10-12-15-26)38-35(43)45-36(3,4)5)32(27-16-21-31(40)25(2)23-27)33(41)37-28-17-19-29(44-6)20-18-28/h10-12,14-21,23,30,32,40H,7-9,13,22,24H2,1-6H3,(H,37,41)(H,38,43). The normalized spacial score (nSPS) is 12.5. The summed E-state index contributed by atoms with van der Waals surface area (Å²) in [6.07, 6.45) is 2.99. The summed E-state index contributed by atoms with van der Waals surface area (Å²) in [7, 11) is 1.57. The minimum atomic E-state index is -1.06. The van der Waals surface area contributed by atoms with E-state index in [2.05, 4.69) is 17.6 Å². The number of methoxy groups -OCH3 is 1. The molecule has 3 amide bonds. The van der Waals surface area contributed by atoms with Crippen LogP contribution in [0.2, 0.25) is 0 Å². The fourth-order valence-electron chi connectivity index (χ4n) is 4.98. The van der Waals surface area contributed by atoms with Gasteiger partial charge in [-0.1, -0.05) is 62.6 Å². The van der Waals surface area contributed by atoms with Crippen LogP contribution in [0.15, 0.2) is 72.8 Å². The molecule has 9 heteroatoms. The van der Waals surface area contributed by atoms with Crippen molar-refractivity contribution in [3.8, 4) is 11.5 Å². The average molecular weight is 618 g/mol. The highest BCUT2D eigenvalue weighted by Crippen LogP contribution is 2.29. The molecule has 0 spiro atoms. The molecule has 0 radical (unpaired) electrons. The Bertz CT molecular complexity index is 1400. The van der Waals surface area contributed by atoms with Gasteiger partial charge in [0.15, 0.2) is 0 Å². The van der Waals surface area contributed by atoms with Crippen LogP contribution in [0, 0.1) is 6.92 Å². The van der Waals surface area contributed by atoms with Crippen LogP contribution in [0.5, 0.6) is 11.5 Å². The van der Waals surface area contributed by atoms with Crippen LogP contribution >= 0.6 is 0 Å². The van der Waals surface area contributed by atoms with Crippen molar-refractivity contribution >= 4 is 23.6 Å². The van der Waals surface area contributed by atoms with E-state index in [1.165, 1.54) is 6.07 Å². The van der Waals surface area contributed by atoms with Crippen molar-refractivity contribution in [2.24, 2.45) is 0 Å². The largest absolute Gasteiger partial charge is 0.508 e. The van der Waals surface area contributed by atoms with E-state index in [0.29, 0.717) is 29.0 Å². The Kier molecular flexibility index (Phi) is 12.8. The second kappa shape index (κ2) is 16.5. The van der Waals surface area contributed by atoms with E-state index in [4.69, 9.17) is 9.47 Å². The van der Waals surface area contributed by atoms with E-state index in [9.17, 15) is 19.5 Å². The summed E-state index contributed by atoms with van der Waals surface area (Å²) < 4.78 is 10.8. The molecule has 0 aliphatic carbocycles. The molecule has 0 aliphatic rings. The van der Waals surface area contributed by atoms with Crippen molar-refractivity contribution in [2.45, 2.75) is 84.4 Å². The van der Waals surface area contributed by atoms with Gasteiger partial charge in [-0.3, -0.25) is 9.59 Å². The number of unbranched alkanes of at least 4 members (excludes halogenated alkanes) is 3. The Morgan fingerprint density at radius 1 is 0.933 bits per heavy atom. The Balaban J connectivity index is 2.08. The number of phenolic OH excluding ortho intramolecular Hbond substituents is 1. The second-order valence-electron chi connectivity index (χ2n) is 12.1. The van der Waals surface area contributed by atoms with Gasteiger partial charge in [-0.2, -0.15) is 0 Å². The smallest absolute Gasteiger partial charge is 0.408 e. The molecule has 3 rings (SSSR count). The van der Waals surface area contributed by atoms with Crippen LogP contribution in [0.25, 0.3) is 0 Å². The number of alkyl carbamates (subject to hydrolysis) is 1. The number of nitrogens with one attached hydrogen (secondary N) is 2. The maximum absolute atomic E-state index is 14.6. The summed E-state index contributed by atoms with van der Waals surface area (Å²) in [5.41, 5.74) is 1.72. The Morgan fingerprint density at radius 2 is 1.62 bits per heavy atom. The molecule has 0 saturated heterocycles. The van der Waals surface area contributed by atoms with Gasteiger partial charge in [-0.05, 0) is 87.2 Å². The number of amides is 3. The first-order valence-corrected chi connectivity index (χ1v) is 15.5. The molecular formula is C36H47N3O6. The molecule has 0 aromatic heterocycles. The molecule has 45 heavy (non-hydrogen) atoms. The van der Waals surface area contributed by atoms with Crippen molar-refractivity contribution in [3.05, 3.63) is 89.5 Å². The third-order valence-corrected chi connectivity index (χ3v) is 7.26. The van der Waals surface area contributed by atoms with Crippen LogP contribution in [0.3, 0.4) is 0 Å². The molecule has 0 heterocycles. The predicted molar refractivity (Wildman–Crippen MR) is 176 cm³/mol. The molecule has 0 saturated carbocycles. The Morgan fingerprint density at radius 3 is 2.22 bits per heavy atom. The van der Waals surface area contributed by atoms with Gasteiger partial charge >= 0.3 is 6.09 Å². The Hall–Kier alpha value is -4.53. The third-order valence-electron chi connectivity index (χ3n) is 7.26. The zero-order valence-electron chi connectivity index (χ0n) is 27.3. The summed E-state index contributed by atoms with van der Waals surface area (Å²) in [4.78, 5) is 43.4. The van der Waals surface area contributed by atoms with Crippen LogP contribution < -0.4 is 15.4 Å². The number of carbonyl (C=O) groups is 3. The van der Waals surface area contributed by atoms with Gasteiger partial charge in [0.2, 0.25) is 5.91 Å². The van der Waals surface area contributed by atoms with Gasteiger partial charge in [-0.15, -0.1) is 0 Å². The highest BCUT2D eigenvalue weighted by molar-refractivity contribution is 5.99. The van der Waals surface area contributed by atoms with Crippen molar-refractivity contribution in [2.75, 3.05) is 19.0 Å². The lowest BCUT2D eigenvalue weighted by Gasteiger charge is -2.35. The minimum Gasteiger partial charge on any atom is -0.508 e. The molecule has 2 unspecified atom stereocenters. The van der Waals surface area contributed by atoms with Gasteiger partial charge in [0, 0.05) is 18.7 Å². The van der Waals surface area contributed by atoms with Gasteiger partial charge in [-0.25, -0.2) is 4.79 Å². The van der Waals surface area contributed by atoms with Crippen LogP contribution in [0.1, 0.15) is 76.1 Å². The van der Waals surface area contributed by atoms with Crippen LogP contribution in [-0.2, 0) is 20.7 Å². The number of hydrogen-bond acceptors (Lipinski definition) is 6. The molecule has 242 valence electrons. The number of rotatable bonds is 14. The number of hydrogen-bond donors (Lipinski definition) is 3. The molecule has 2 atom stereocenters. The SMILES string of the molecule is CCCCCCN(C(=O)C(Cc1ccccc1)NC(=O)OC(C)(C)C)C(C(=O)Nc1ccc(OC)cc1)c1ccc(O)c(C)c1. The van der Waals surface area contributed by atoms with Crippen molar-refractivity contribution < 1.29 is 29.0 Å². The van der Waals surface area contributed by atoms with E-state index >= 15 is 0 Å². The fraction of sp³-hybridized carbons (Fsp3) is 0.417. The molecule has 0 fully saturated rings. The topological polar surface area (TPSA) is 117 Å². The van der Waals surface area contributed by atoms with Gasteiger partial charge in [0.1, 0.15) is 29.2 Å². The Labute approximate surface area is 266 Å². The van der Waals surface area contributed by atoms with E-state index in [1.54, 1.807) is 76.1 Å². The lowest BCUT2D eigenvalue weighted by atomic mass is 9.98. The summed E-state index contributed by atoms with van der Waals surface area (Å²) in [6.45, 7) is 9.40. The van der Waals surface area contributed by atoms with Crippen molar-refractivity contribution in [3.63, 3.8) is 0 Å². The lowest BCUT2D eigenvalue weighted by molar-refractivity contribution is -0.140. The molecule has 0 bridgehead atoms. The summed E-state index contributed by atoms with van der Waals surface area (Å²) in [5.74, 6) is -0.113. The first-order valence-electron chi connectivity index (χ1n) is 15.5. The van der Waals surface area contributed by atoms with Gasteiger partial charge in [0.05, 0.1) is 7.11 Å². The third kappa shape index (κ3) is 10.8. The predicted octanol–water partition coefficient (Wildman–Crippen LogP) is 6.93. The summed E-state index contributed by atoms with van der Waals surface area (Å²) in [6, 6.07) is 19.2. The van der Waals surface area contributed by atoms with Crippen LogP contribution in [0.4, 0.5) is 10.5 Å². The average Bonchev–Trinajstić information content (AvgIpc) is 2.99. The van der Waals surface area contributed by atoms with Crippen molar-refractivity contribution in [1.82, 2.24) is 10.2 Å². The van der Waals surface area contributed by atoms with E-state index in [1.807, 2.05) is 30.3 Å². The second-order valence-corrected chi connectivity index (χ2v) is 12.1.